The maximum absolute atomic E-state index is 8.70. The van der Waals surface area contributed by atoms with E-state index < -0.39 is 0 Å². The molecular formula is C12H9BrN4. The van der Waals surface area contributed by atoms with Crippen molar-refractivity contribution in [1.29, 1.82) is 5.26 Å². The van der Waals surface area contributed by atoms with Gasteiger partial charge < -0.3 is 0 Å². The number of hydrogen-bond acceptors (Lipinski definition) is 4. The van der Waals surface area contributed by atoms with Gasteiger partial charge in [0.25, 0.3) is 0 Å². The van der Waals surface area contributed by atoms with Gasteiger partial charge in [0.15, 0.2) is 6.19 Å². The smallest absolute Gasteiger partial charge is 0.238 e. The summed E-state index contributed by atoms with van der Waals surface area (Å²) in [5.74, 6) is 0.395. The van der Waals surface area contributed by atoms with Crippen LogP contribution in [0.4, 0.5) is 5.95 Å². The molecule has 0 spiro atoms. The Morgan fingerprint density at radius 3 is 2.53 bits per heavy atom. The zero-order chi connectivity index (χ0) is 12.3. The Morgan fingerprint density at radius 2 is 1.94 bits per heavy atom. The molecule has 0 radical (unpaired) electrons. The van der Waals surface area contributed by atoms with Gasteiger partial charge in [0, 0.05) is 29.5 Å². The molecule has 4 nitrogen and oxygen atoms in total. The number of aromatic nitrogens is 2. The molecule has 17 heavy (non-hydrogen) atoms. The van der Waals surface area contributed by atoms with E-state index >= 15 is 0 Å². The highest BCUT2D eigenvalue weighted by Crippen LogP contribution is 2.22. The van der Waals surface area contributed by atoms with Crippen molar-refractivity contribution in [2.45, 2.75) is 0 Å². The summed E-state index contributed by atoms with van der Waals surface area (Å²) in [6.45, 7) is 0. The van der Waals surface area contributed by atoms with Crippen molar-refractivity contribution in [3.05, 3.63) is 41.1 Å². The molecule has 0 unspecified atom stereocenters. The molecule has 1 aromatic carbocycles. The molecule has 0 amide bonds. The van der Waals surface area contributed by atoms with Crippen molar-refractivity contribution in [2.75, 3.05) is 11.9 Å². The van der Waals surface area contributed by atoms with Gasteiger partial charge in [-0.2, -0.15) is 5.26 Å². The molecule has 2 aromatic rings. The number of halogens is 1. The van der Waals surface area contributed by atoms with Crippen LogP contribution in [-0.4, -0.2) is 17.0 Å². The van der Waals surface area contributed by atoms with Crippen LogP contribution in [0.15, 0.2) is 41.1 Å². The average molecular weight is 289 g/mol. The molecule has 0 saturated carbocycles. The third kappa shape index (κ3) is 2.60. The summed E-state index contributed by atoms with van der Waals surface area (Å²) >= 11 is 3.42. The molecular weight excluding hydrogens is 280 g/mol. The van der Waals surface area contributed by atoms with Gasteiger partial charge in [0.05, 0.1) is 0 Å². The minimum Gasteiger partial charge on any atom is -0.250 e. The van der Waals surface area contributed by atoms with Crippen LogP contribution in [0.2, 0.25) is 0 Å². The largest absolute Gasteiger partial charge is 0.250 e. The van der Waals surface area contributed by atoms with Gasteiger partial charge in [-0.1, -0.05) is 28.1 Å². The van der Waals surface area contributed by atoms with Gasteiger partial charge in [-0.25, -0.2) is 9.97 Å². The molecule has 0 atom stereocenters. The van der Waals surface area contributed by atoms with Crippen molar-refractivity contribution >= 4 is 21.9 Å². The van der Waals surface area contributed by atoms with Crippen molar-refractivity contribution in [1.82, 2.24) is 9.97 Å². The van der Waals surface area contributed by atoms with Crippen LogP contribution in [0, 0.1) is 11.5 Å². The van der Waals surface area contributed by atoms with E-state index in [9.17, 15) is 0 Å². The SMILES string of the molecule is CN(C#N)c1ncc(-c2cccc(Br)c2)cn1. The standard InChI is InChI=1S/C12H9BrN4/c1-17(8-14)12-15-6-10(7-16-12)9-3-2-4-11(13)5-9/h2-7H,1H3. The van der Waals surface area contributed by atoms with E-state index in [1.807, 2.05) is 30.5 Å². The Kier molecular flexibility index (Phi) is 3.35. The van der Waals surface area contributed by atoms with E-state index in [2.05, 4.69) is 25.9 Å². The molecule has 5 heteroatoms. The predicted octanol–water partition coefficient (Wildman–Crippen LogP) is 2.82. The quantitative estimate of drug-likeness (QED) is 0.630. The van der Waals surface area contributed by atoms with Crippen molar-refractivity contribution in [3.8, 4) is 17.3 Å². The highest BCUT2D eigenvalue weighted by molar-refractivity contribution is 9.10. The lowest BCUT2D eigenvalue weighted by Crippen LogP contribution is -2.11. The van der Waals surface area contributed by atoms with Gasteiger partial charge in [-0.05, 0) is 17.7 Å². The molecule has 2 rings (SSSR count). The van der Waals surface area contributed by atoms with Gasteiger partial charge >= 0.3 is 0 Å². The van der Waals surface area contributed by atoms with E-state index in [4.69, 9.17) is 5.26 Å². The fourth-order valence-electron chi connectivity index (χ4n) is 1.36. The molecule has 0 fully saturated rings. The molecule has 0 aliphatic carbocycles. The van der Waals surface area contributed by atoms with Crippen LogP contribution in [-0.2, 0) is 0 Å². The number of nitrogens with zero attached hydrogens (tertiary/aromatic N) is 4. The fourth-order valence-corrected chi connectivity index (χ4v) is 1.76. The highest BCUT2D eigenvalue weighted by atomic mass is 79.9. The van der Waals surface area contributed by atoms with E-state index in [0.717, 1.165) is 15.6 Å². The zero-order valence-corrected chi connectivity index (χ0v) is 10.7. The predicted molar refractivity (Wildman–Crippen MR) is 69.2 cm³/mol. The molecule has 0 aliphatic rings. The maximum atomic E-state index is 8.70. The van der Waals surface area contributed by atoms with Crippen molar-refractivity contribution in [3.63, 3.8) is 0 Å². The first-order valence-electron chi connectivity index (χ1n) is 4.92. The third-order valence-electron chi connectivity index (χ3n) is 2.25. The second-order valence-electron chi connectivity index (χ2n) is 3.44. The number of benzene rings is 1. The summed E-state index contributed by atoms with van der Waals surface area (Å²) in [6, 6.07) is 7.89. The molecule has 1 aromatic heterocycles. The van der Waals surface area contributed by atoms with Crippen LogP contribution in [0.1, 0.15) is 0 Å². The molecule has 84 valence electrons. The van der Waals surface area contributed by atoms with Gasteiger partial charge in [-0.3, -0.25) is 4.90 Å². The second-order valence-corrected chi connectivity index (χ2v) is 4.36. The Morgan fingerprint density at radius 1 is 1.24 bits per heavy atom. The monoisotopic (exact) mass is 288 g/mol. The Bertz CT molecular complexity index is 559. The second kappa shape index (κ2) is 4.93. The van der Waals surface area contributed by atoms with Crippen molar-refractivity contribution in [2.24, 2.45) is 0 Å². The van der Waals surface area contributed by atoms with Crippen LogP contribution in [0.3, 0.4) is 0 Å². The van der Waals surface area contributed by atoms with E-state index in [1.54, 1.807) is 19.4 Å². The fraction of sp³-hybridized carbons (Fsp3) is 0.0833. The lowest BCUT2D eigenvalue weighted by atomic mass is 10.1. The van der Waals surface area contributed by atoms with E-state index in [0.29, 0.717) is 5.95 Å². The molecule has 0 N–H and O–H groups in total. The lowest BCUT2D eigenvalue weighted by molar-refractivity contribution is 1.05. The first kappa shape index (κ1) is 11.6. The maximum Gasteiger partial charge on any atom is 0.238 e. The van der Waals surface area contributed by atoms with E-state index in [-0.39, 0.29) is 0 Å². The van der Waals surface area contributed by atoms with Crippen LogP contribution in [0.25, 0.3) is 11.1 Å². The summed E-state index contributed by atoms with van der Waals surface area (Å²) in [6.07, 6.45) is 5.36. The van der Waals surface area contributed by atoms with Crippen molar-refractivity contribution < 1.29 is 0 Å². The summed E-state index contributed by atoms with van der Waals surface area (Å²) in [5.41, 5.74) is 1.95. The summed E-state index contributed by atoms with van der Waals surface area (Å²) in [4.78, 5) is 9.58. The normalized spacial score (nSPS) is 9.71. The van der Waals surface area contributed by atoms with Crippen LogP contribution >= 0.6 is 15.9 Å². The minimum atomic E-state index is 0.395. The number of rotatable bonds is 2. The van der Waals surface area contributed by atoms with Gasteiger partial charge in [0.2, 0.25) is 5.95 Å². The van der Waals surface area contributed by atoms with E-state index in [1.165, 1.54) is 4.90 Å². The minimum absolute atomic E-state index is 0.395. The Labute approximate surface area is 108 Å². The summed E-state index contributed by atoms with van der Waals surface area (Å²) in [5, 5.41) is 8.70. The van der Waals surface area contributed by atoms with Crippen LogP contribution in [0.5, 0.6) is 0 Å². The first-order valence-corrected chi connectivity index (χ1v) is 5.71. The summed E-state index contributed by atoms with van der Waals surface area (Å²) in [7, 11) is 1.62. The average Bonchev–Trinajstić information content (AvgIpc) is 2.38. The molecule has 1 heterocycles. The Hall–Kier alpha value is -1.93. The van der Waals surface area contributed by atoms with Crippen LogP contribution < -0.4 is 4.90 Å². The Balaban J connectivity index is 2.33. The molecule has 0 saturated heterocycles. The number of hydrogen-bond donors (Lipinski definition) is 0. The topological polar surface area (TPSA) is 52.8 Å². The first-order chi connectivity index (χ1) is 8.20. The molecule has 0 bridgehead atoms. The number of nitriles is 1. The molecule has 0 aliphatic heterocycles. The zero-order valence-electron chi connectivity index (χ0n) is 9.13. The lowest BCUT2D eigenvalue weighted by Gasteiger charge is -2.07. The number of anilines is 1. The third-order valence-corrected chi connectivity index (χ3v) is 2.74. The van der Waals surface area contributed by atoms with Gasteiger partial charge in [0.1, 0.15) is 0 Å². The summed E-state index contributed by atoms with van der Waals surface area (Å²) < 4.78 is 1.01. The highest BCUT2D eigenvalue weighted by Gasteiger charge is 2.04. The van der Waals surface area contributed by atoms with Gasteiger partial charge in [-0.15, -0.1) is 0 Å².